The van der Waals surface area contributed by atoms with E-state index in [0.717, 1.165) is 53.9 Å². The lowest BCUT2D eigenvalue weighted by molar-refractivity contribution is 0.431. The average molecular weight is 462 g/mol. The fourth-order valence-corrected chi connectivity index (χ4v) is 5.41. The SMILES string of the molecule is [C-]#[N+]CC1CCN(c2cc(C)nc3c2c(C)c(C)n3-c2c(Cl)cc(Cl)cc2Cl)CC1. The Morgan fingerprint density at radius 1 is 1.07 bits per heavy atom. The van der Waals surface area contributed by atoms with E-state index in [0.29, 0.717) is 33.2 Å². The van der Waals surface area contributed by atoms with Crippen LogP contribution in [0.2, 0.25) is 15.1 Å². The maximum absolute atomic E-state index is 7.14. The number of halogens is 3. The van der Waals surface area contributed by atoms with Crippen molar-refractivity contribution in [1.29, 1.82) is 0 Å². The minimum Gasteiger partial charge on any atom is -0.371 e. The van der Waals surface area contributed by atoms with Crippen LogP contribution in [0.3, 0.4) is 0 Å². The van der Waals surface area contributed by atoms with E-state index in [1.54, 1.807) is 12.1 Å². The summed E-state index contributed by atoms with van der Waals surface area (Å²) in [5.41, 5.74) is 5.92. The number of aryl methyl sites for hydroxylation is 2. The van der Waals surface area contributed by atoms with Gasteiger partial charge < -0.3 is 9.74 Å². The second-order valence-corrected chi connectivity index (χ2v) is 9.27. The highest BCUT2D eigenvalue weighted by Gasteiger charge is 2.26. The first-order valence-electron chi connectivity index (χ1n) is 10.0. The van der Waals surface area contributed by atoms with Gasteiger partial charge in [-0.1, -0.05) is 34.8 Å². The molecule has 0 unspecified atom stereocenters. The quantitative estimate of drug-likeness (QED) is 0.391. The van der Waals surface area contributed by atoms with Gasteiger partial charge in [0.2, 0.25) is 6.54 Å². The standard InChI is InChI=1S/C23H23Cl3N4/c1-13-9-20(29-7-5-16(6-8-29)12-27-4)21-14(2)15(3)30(23(21)28-13)22-18(25)10-17(24)11-19(22)26/h9-11,16H,5-8,12H2,1-3H3. The summed E-state index contributed by atoms with van der Waals surface area (Å²) >= 11 is 19.3. The van der Waals surface area contributed by atoms with Crippen molar-refractivity contribution in [3.63, 3.8) is 0 Å². The van der Waals surface area contributed by atoms with Crippen molar-refractivity contribution in [3.05, 3.63) is 61.6 Å². The lowest BCUT2D eigenvalue weighted by Crippen LogP contribution is -2.34. The number of pyridine rings is 1. The third-order valence-electron chi connectivity index (χ3n) is 6.08. The van der Waals surface area contributed by atoms with Crippen LogP contribution in [0.15, 0.2) is 18.2 Å². The van der Waals surface area contributed by atoms with Crippen LogP contribution in [0.5, 0.6) is 0 Å². The maximum Gasteiger partial charge on any atom is 0.217 e. The van der Waals surface area contributed by atoms with Gasteiger partial charge in [-0.15, -0.1) is 0 Å². The van der Waals surface area contributed by atoms with Gasteiger partial charge in [-0.3, -0.25) is 4.57 Å². The van der Waals surface area contributed by atoms with Gasteiger partial charge in [-0.05, 0) is 57.4 Å². The van der Waals surface area contributed by atoms with Crippen molar-refractivity contribution < 1.29 is 0 Å². The van der Waals surface area contributed by atoms with Crippen LogP contribution in [0.25, 0.3) is 21.6 Å². The topological polar surface area (TPSA) is 25.4 Å². The first kappa shape index (κ1) is 21.3. The van der Waals surface area contributed by atoms with Crippen LogP contribution >= 0.6 is 34.8 Å². The van der Waals surface area contributed by atoms with Crippen molar-refractivity contribution >= 4 is 51.5 Å². The summed E-state index contributed by atoms with van der Waals surface area (Å²) in [6.45, 7) is 15.9. The fourth-order valence-electron chi connectivity index (χ4n) is 4.43. The molecule has 2 aromatic heterocycles. The van der Waals surface area contributed by atoms with E-state index in [1.807, 2.05) is 11.5 Å². The number of anilines is 1. The number of fused-ring (bicyclic) bond motifs is 1. The fraction of sp³-hybridized carbons (Fsp3) is 0.391. The lowest BCUT2D eigenvalue weighted by Gasteiger charge is -2.32. The van der Waals surface area contributed by atoms with Gasteiger partial charge >= 0.3 is 0 Å². The van der Waals surface area contributed by atoms with Crippen LogP contribution < -0.4 is 4.90 Å². The number of rotatable bonds is 3. The minimum atomic E-state index is 0.497. The van der Waals surface area contributed by atoms with Crippen LogP contribution in [0, 0.1) is 33.3 Å². The molecule has 4 nitrogen and oxygen atoms in total. The van der Waals surface area contributed by atoms with Crippen LogP contribution in [0.1, 0.15) is 29.8 Å². The Balaban J connectivity index is 1.89. The second-order valence-electron chi connectivity index (χ2n) is 8.02. The van der Waals surface area contributed by atoms with Gasteiger partial charge in [0, 0.05) is 46.5 Å². The molecule has 0 radical (unpaired) electrons. The second kappa shape index (κ2) is 8.30. The third kappa shape index (κ3) is 3.64. The molecule has 1 fully saturated rings. The lowest BCUT2D eigenvalue weighted by atomic mass is 9.96. The van der Waals surface area contributed by atoms with Gasteiger partial charge in [-0.25, -0.2) is 11.6 Å². The molecule has 0 atom stereocenters. The van der Waals surface area contributed by atoms with E-state index in [1.165, 1.54) is 5.69 Å². The molecule has 156 valence electrons. The predicted octanol–water partition coefficient (Wildman–Crippen LogP) is 7.05. The largest absolute Gasteiger partial charge is 0.371 e. The summed E-state index contributed by atoms with van der Waals surface area (Å²) in [5.74, 6) is 0.497. The number of aromatic nitrogens is 2. The normalized spacial score (nSPS) is 15.0. The molecule has 1 aliphatic rings. The van der Waals surface area contributed by atoms with Crippen molar-refractivity contribution in [2.45, 2.75) is 33.6 Å². The molecule has 0 aliphatic carbocycles. The Labute approximate surface area is 192 Å². The zero-order chi connectivity index (χ0) is 21.6. The average Bonchev–Trinajstić information content (AvgIpc) is 2.92. The van der Waals surface area contributed by atoms with E-state index >= 15 is 0 Å². The Hall–Kier alpha value is -1.93. The number of nitrogens with zero attached hydrogens (tertiary/aromatic N) is 4. The van der Waals surface area contributed by atoms with Gasteiger partial charge in [0.25, 0.3) is 0 Å². The predicted molar refractivity (Wildman–Crippen MR) is 127 cm³/mol. The van der Waals surface area contributed by atoms with Crippen molar-refractivity contribution in [2.75, 3.05) is 24.5 Å². The van der Waals surface area contributed by atoms with E-state index in [9.17, 15) is 0 Å². The molecule has 0 N–H and O–H groups in total. The molecule has 0 bridgehead atoms. The highest BCUT2D eigenvalue weighted by molar-refractivity contribution is 6.40. The Morgan fingerprint density at radius 2 is 1.70 bits per heavy atom. The molecule has 3 aromatic rings. The smallest absolute Gasteiger partial charge is 0.217 e. The van der Waals surface area contributed by atoms with E-state index in [2.05, 4.69) is 29.7 Å². The van der Waals surface area contributed by atoms with Crippen molar-refractivity contribution in [2.24, 2.45) is 5.92 Å². The van der Waals surface area contributed by atoms with Gasteiger partial charge in [0.15, 0.2) is 0 Å². The molecule has 1 aromatic carbocycles. The van der Waals surface area contributed by atoms with Crippen LogP contribution in [-0.2, 0) is 0 Å². The molecule has 1 aliphatic heterocycles. The number of benzene rings is 1. The van der Waals surface area contributed by atoms with Crippen LogP contribution in [0.4, 0.5) is 5.69 Å². The zero-order valence-electron chi connectivity index (χ0n) is 17.3. The zero-order valence-corrected chi connectivity index (χ0v) is 19.5. The molecule has 30 heavy (non-hydrogen) atoms. The molecule has 3 heterocycles. The number of hydrogen-bond donors (Lipinski definition) is 0. The van der Waals surface area contributed by atoms with E-state index in [-0.39, 0.29) is 0 Å². The number of piperidine rings is 1. The molecule has 1 saturated heterocycles. The summed E-state index contributed by atoms with van der Waals surface area (Å²) < 4.78 is 2.05. The number of hydrogen-bond acceptors (Lipinski definition) is 2. The molecule has 4 rings (SSSR count). The molecule has 0 saturated carbocycles. The molecule has 0 spiro atoms. The maximum atomic E-state index is 7.14. The molecule has 0 amide bonds. The Kier molecular flexibility index (Phi) is 5.90. The van der Waals surface area contributed by atoms with Gasteiger partial charge in [-0.2, -0.15) is 0 Å². The van der Waals surface area contributed by atoms with Gasteiger partial charge in [0.1, 0.15) is 5.65 Å². The van der Waals surface area contributed by atoms with E-state index < -0.39 is 0 Å². The summed E-state index contributed by atoms with van der Waals surface area (Å²) in [6.07, 6.45) is 2.08. The minimum absolute atomic E-state index is 0.497. The third-order valence-corrected chi connectivity index (χ3v) is 6.88. The summed E-state index contributed by atoms with van der Waals surface area (Å²) in [6, 6.07) is 5.59. The summed E-state index contributed by atoms with van der Waals surface area (Å²) in [7, 11) is 0. The monoisotopic (exact) mass is 460 g/mol. The Morgan fingerprint density at radius 3 is 2.30 bits per heavy atom. The Bertz CT molecular complexity index is 1140. The van der Waals surface area contributed by atoms with Crippen LogP contribution in [-0.4, -0.2) is 29.2 Å². The molecular weight excluding hydrogens is 439 g/mol. The molecule has 7 heteroatoms. The highest BCUT2D eigenvalue weighted by atomic mass is 35.5. The molecular formula is C23H23Cl3N4. The van der Waals surface area contributed by atoms with E-state index in [4.69, 9.17) is 46.4 Å². The summed E-state index contributed by atoms with van der Waals surface area (Å²) in [4.78, 5) is 10.9. The van der Waals surface area contributed by atoms with Gasteiger partial charge in [0.05, 0.1) is 15.7 Å². The first-order valence-corrected chi connectivity index (χ1v) is 11.2. The van der Waals surface area contributed by atoms with Crippen molar-refractivity contribution in [1.82, 2.24) is 9.55 Å². The highest BCUT2D eigenvalue weighted by Crippen LogP contribution is 2.40. The summed E-state index contributed by atoms with van der Waals surface area (Å²) in [5, 5.41) is 2.63. The van der Waals surface area contributed by atoms with Crippen molar-refractivity contribution in [3.8, 4) is 5.69 Å². The first-order chi connectivity index (χ1) is 14.3.